The molecule has 2 aliphatic rings. The maximum absolute atomic E-state index is 2.25. The third kappa shape index (κ3) is 1.74. The molecule has 0 amide bonds. The molecule has 0 heterocycles. The fraction of sp³-hybridized carbons (Fsp3) is 0.200. The van der Waals surface area contributed by atoms with E-state index in [9.17, 15) is 0 Å². The van der Waals surface area contributed by atoms with E-state index in [1.54, 1.807) is 8.94 Å². The Balaban J connectivity index is 1.91. The van der Waals surface area contributed by atoms with Gasteiger partial charge in [0.05, 0.1) is 0 Å². The van der Waals surface area contributed by atoms with Crippen LogP contribution in [0.3, 0.4) is 0 Å². The van der Waals surface area contributed by atoms with Gasteiger partial charge in [0, 0.05) is 0 Å². The summed E-state index contributed by atoms with van der Waals surface area (Å²) >= 11 is 0.906. The first-order chi connectivity index (χ1) is 5.45. The van der Waals surface area contributed by atoms with Crippen molar-refractivity contribution in [2.24, 2.45) is 0 Å². The van der Waals surface area contributed by atoms with Crippen LogP contribution in [0.2, 0.25) is 0 Å². The van der Waals surface area contributed by atoms with Gasteiger partial charge in [0.1, 0.15) is 0 Å². The fourth-order valence-electron chi connectivity index (χ4n) is 1.14. The van der Waals surface area contributed by atoms with E-state index in [1.807, 2.05) is 0 Å². The van der Waals surface area contributed by atoms with Gasteiger partial charge in [-0.05, 0) is 0 Å². The summed E-state index contributed by atoms with van der Waals surface area (Å²) in [5, 5.41) is 0. The van der Waals surface area contributed by atoms with Crippen LogP contribution >= 0.6 is 0 Å². The van der Waals surface area contributed by atoms with Gasteiger partial charge in [-0.25, -0.2) is 0 Å². The van der Waals surface area contributed by atoms with Gasteiger partial charge in [0.2, 0.25) is 0 Å². The molecule has 0 atom stereocenters. The average Bonchev–Trinajstić information content (AvgIpc) is 2.60. The van der Waals surface area contributed by atoms with Gasteiger partial charge < -0.3 is 0 Å². The molecule has 0 aliphatic heterocycles. The number of hydrogen-bond donors (Lipinski definition) is 0. The SMILES string of the molecule is C1=CC[C]([Mn][C]2=CC=CC2)=C1. The third-order valence-electron chi connectivity index (χ3n) is 1.69. The van der Waals surface area contributed by atoms with Crippen molar-refractivity contribution < 1.29 is 15.0 Å². The van der Waals surface area contributed by atoms with E-state index in [0.29, 0.717) is 0 Å². The van der Waals surface area contributed by atoms with Crippen LogP contribution in [0.1, 0.15) is 12.8 Å². The van der Waals surface area contributed by atoms with Crippen molar-refractivity contribution in [1.82, 2.24) is 0 Å². The molecule has 2 rings (SSSR count). The Bertz CT molecular complexity index is 239. The van der Waals surface area contributed by atoms with Crippen molar-refractivity contribution >= 4 is 0 Å². The van der Waals surface area contributed by atoms with Crippen LogP contribution in [-0.4, -0.2) is 0 Å². The van der Waals surface area contributed by atoms with Crippen LogP contribution in [0, 0.1) is 0 Å². The second-order valence-corrected chi connectivity index (χ2v) is 4.40. The molecule has 11 heavy (non-hydrogen) atoms. The summed E-state index contributed by atoms with van der Waals surface area (Å²) in [6.45, 7) is 0. The van der Waals surface area contributed by atoms with Crippen molar-refractivity contribution in [3.8, 4) is 0 Å². The predicted octanol–water partition coefficient (Wildman–Crippen LogP) is 2.76. The Kier molecular flexibility index (Phi) is 2.11. The summed E-state index contributed by atoms with van der Waals surface area (Å²) in [6, 6.07) is 0. The van der Waals surface area contributed by atoms with Crippen molar-refractivity contribution in [1.29, 1.82) is 0 Å². The van der Waals surface area contributed by atoms with Gasteiger partial charge in [-0.15, -0.1) is 0 Å². The molecule has 0 fully saturated rings. The normalized spacial score (nSPS) is 20.7. The molecule has 0 bridgehead atoms. The van der Waals surface area contributed by atoms with Crippen molar-refractivity contribution in [3.05, 3.63) is 45.4 Å². The summed E-state index contributed by atoms with van der Waals surface area (Å²) in [4.78, 5) is 0. The van der Waals surface area contributed by atoms with Crippen molar-refractivity contribution in [2.45, 2.75) is 12.8 Å². The van der Waals surface area contributed by atoms with Gasteiger partial charge >= 0.3 is 73.2 Å². The number of hydrogen-bond acceptors (Lipinski definition) is 0. The summed E-state index contributed by atoms with van der Waals surface area (Å²) in [5.74, 6) is 0. The Morgan fingerprint density at radius 3 is 1.82 bits per heavy atom. The van der Waals surface area contributed by atoms with Crippen LogP contribution in [0.4, 0.5) is 0 Å². The topological polar surface area (TPSA) is 0 Å². The first kappa shape index (κ1) is 7.15. The Hall–Kier alpha value is -0.521. The Labute approximate surface area is 73.5 Å². The maximum atomic E-state index is 2.25. The summed E-state index contributed by atoms with van der Waals surface area (Å²) in [6.07, 6.45) is 15.6. The molecule has 1 heteroatoms. The number of rotatable bonds is 2. The van der Waals surface area contributed by atoms with E-state index < -0.39 is 0 Å². The van der Waals surface area contributed by atoms with Gasteiger partial charge in [-0.2, -0.15) is 0 Å². The van der Waals surface area contributed by atoms with Crippen LogP contribution in [0.5, 0.6) is 0 Å². The summed E-state index contributed by atoms with van der Waals surface area (Å²) < 4.78 is 3.17. The number of allylic oxidation sites excluding steroid dienone is 8. The van der Waals surface area contributed by atoms with E-state index in [-0.39, 0.29) is 0 Å². The quantitative estimate of drug-likeness (QED) is 0.580. The Morgan fingerprint density at radius 1 is 0.909 bits per heavy atom. The Morgan fingerprint density at radius 2 is 1.45 bits per heavy atom. The summed E-state index contributed by atoms with van der Waals surface area (Å²) in [7, 11) is 0. The molecule has 0 aromatic heterocycles. The van der Waals surface area contributed by atoms with Crippen LogP contribution in [0.15, 0.2) is 45.4 Å². The monoisotopic (exact) mass is 185 g/mol. The van der Waals surface area contributed by atoms with E-state index in [4.69, 9.17) is 0 Å². The first-order valence-corrected chi connectivity index (χ1v) is 4.99. The van der Waals surface area contributed by atoms with Gasteiger partial charge in [-0.3, -0.25) is 0 Å². The standard InChI is InChI=1S/2C5H5.Mn/c2*1-2-4-5-3-1;/h2*1-3H,4H2;. The van der Waals surface area contributed by atoms with Crippen molar-refractivity contribution in [2.75, 3.05) is 0 Å². The third-order valence-corrected chi connectivity index (χ3v) is 3.33. The van der Waals surface area contributed by atoms with E-state index in [2.05, 4.69) is 36.5 Å². The minimum absolute atomic E-state index is 0.906. The van der Waals surface area contributed by atoms with E-state index in [0.717, 1.165) is 15.0 Å². The average molecular weight is 185 g/mol. The van der Waals surface area contributed by atoms with E-state index in [1.165, 1.54) is 12.8 Å². The van der Waals surface area contributed by atoms with Gasteiger partial charge in [0.15, 0.2) is 0 Å². The zero-order valence-corrected chi connectivity index (χ0v) is 7.44. The molecule has 0 aromatic carbocycles. The molecule has 0 saturated heterocycles. The zero-order valence-electron chi connectivity index (χ0n) is 6.26. The molecule has 0 nitrogen and oxygen atoms in total. The van der Waals surface area contributed by atoms with E-state index >= 15 is 0 Å². The minimum atomic E-state index is 0.906. The fourth-order valence-corrected chi connectivity index (χ4v) is 2.57. The molecule has 0 aromatic rings. The zero-order chi connectivity index (χ0) is 7.52. The predicted molar refractivity (Wildman–Crippen MR) is 43.7 cm³/mol. The van der Waals surface area contributed by atoms with Crippen LogP contribution < -0.4 is 0 Å². The molecule has 57 valence electrons. The molecule has 0 N–H and O–H groups in total. The second-order valence-electron chi connectivity index (χ2n) is 2.59. The van der Waals surface area contributed by atoms with Crippen LogP contribution in [-0.2, 0) is 15.0 Å². The molecule has 0 saturated carbocycles. The van der Waals surface area contributed by atoms with Gasteiger partial charge in [0.25, 0.3) is 0 Å². The molecule has 0 radical (unpaired) electrons. The van der Waals surface area contributed by atoms with Crippen LogP contribution in [0.25, 0.3) is 0 Å². The molecular formula is C10H10Mn. The molecule has 0 unspecified atom stereocenters. The first-order valence-electron chi connectivity index (χ1n) is 3.81. The van der Waals surface area contributed by atoms with Crippen molar-refractivity contribution in [3.63, 3.8) is 0 Å². The molecular weight excluding hydrogens is 175 g/mol. The summed E-state index contributed by atoms with van der Waals surface area (Å²) in [5.41, 5.74) is 0. The molecule has 2 aliphatic carbocycles. The van der Waals surface area contributed by atoms with Gasteiger partial charge in [-0.1, -0.05) is 0 Å². The second kappa shape index (κ2) is 3.25. The molecule has 0 spiro atoms.